The highest BCUT2D eigenvalue weighted by Gasteiger charge is 2.14. The zero-order valence-electron chi connectivity index (χ0n) is 10.2. The summed E-state index contributed by atoms with van der Waals surface area (Å²) in [4.78, 5) is 0. The van der Waals surface area contributed by atoms with E-state index in [1.165, 1.54) is 25.7 Å². The highest BCUT2D eigenvalue weighted by Crippen LogP contribution is 2.05. The van der Waals surface area contributed by atoms with Gasteiger partial charge < -0.3 is 15.6 Å². The van der Waals surface area contributed by atoms with Crippen LogP contribution in [0.1, 0.15) is 52.4 Å². The molecule has 0 amide bonds. The van der Waals surface area contributed by atoms with E-state index in [2.05, 4.69) is 6.92 Å². The molecular weight excluding hydrogens is 190 g/mol. The molecule has 0 saturated heterocycles. The number of unbranched alkanes of at least 4 members (excludes halogenated alkanes) is 4. The fraction of sp³-hybridized carbons (Fsp3) is 1.00. The molecule has 0 rings (SSSR count). The quantitative estimate of drug-likeness (QED) is 0.551. The van der Waals surface area contributed by atoms with Crippen molar-refractivity contribution in [1.82, 2.24) is 0 Å². The molecule has 0 aliphatic rings. The third-order valence-electron chi connectivity index (χ3n) is 2.71. The molecule has 0 aliphatic heterocycles. The van der Waals surface area contributed by atoms with Gasteiger partial charge in [-0.25, -0.2) is 0 Å². The number of aliphatic hydroxyl groups is 1. The first kappa shape index (κ1) is 14.9. The number of rotatable bonds is 10. The molecule has 2 unspecified atom stereocenters. The summed E-state index contributed by atoms with van der Waals surface area (Å²) in [7, 11) is 0. The van der Waals surface area contributed by atoms with Gasteiger partial charge in [-0.3, -0.25) is 0 Å². The van der Waals surface area contributed by atoms with Crippen molar-refractivity contribution in [2.45, 2.75) is 64.5 Å². The maximum atomic E-state index is 9.06. The zero-order valence-corrected chi connectivity index (χ0v) is 10.2. The molecule has 0 radical (unpaired) electrons. The Balaban J connectivity index is 3.38. The maximum Gasteiger partial charge on any atom is 0.0955 e. The van der Waals surface area contributed by atoms with E-state index in [-0.39, 0.29) is 18.8 Å². The molecule has 3 nitrogen and oxygen atoms in total. The summed E-state index contributed by atoms with van der Waals surface area (Å²) in [5.74, 6) is 0. The molecule has 3 N–H and O–H groups in total. The van der Waals surface area contributed by atoms with Crippen LogP contribution in [-0.2, 0) is 4.74 Å². The lowest BCUT2D eigenvalue weighted by atomic mass is 10.1. The minimum Gasteiger partial charge on any atom is -0.394 e. The molecule has 0 spiro atoms. The molecule has 0 aromatic heterocycles. The van der Waals surface area contributed by atoms with E-state index in [1.807, 2.05) is 6.92 Å². The number of hydrogen-bond acceptors (Lipinski definition) is 3. The van der Waals surface area contributed by atoms with Gasteiger partial charge in [-0.1, -0.05) is 39.5 Å². The minimum atomic E-state index is -0.179. The van der Waals surface area contributed by atoms with Crippen molar-refractivity contribution in [3.8, 4) is 0 Å². The van der Waals surface area contributed by atoms with Gasteiger partial charge in [0, 0.05) is 12.6 Å². The first-order valence-corrected chi connectivity index (χ1v) is 6.24. The van der Waals surface area contributed by atoms with Crippen LogP contribution in [0.15, 0.2) is 0 Å². The molecule has 0 heterocycles. The monoisotopic (exact) mass is 217 g/mol. The Morgan fingerprint density at radius 2 is 1.80 bits per heavy atom. The van der Waals surface area contributed by atoms with Crippen molar-refractivity contribution in [1.29, 1.82) is 0 Å². The normalized spacial score (nSPS) is 15.2. The predicted molar refractivity (Wildman–Crippen MR) is 63.9 cm³/mol. The predicted octanol–water partition coefficient (Wildman–Crippen LogP) is 2.07. The number of aliphatic hydroxyl groups excluding tert-OH is 1. The Labute approximate surface area is 94.0 Å². The van der Waals surface area contributed by atoms with E-state index >= 15 is 0 Å². The highest BCUT2D eigenvalue weighted by atomic mass is 16.5. The van der Waals surface area contributed by atoms with Gasteiger partial charge in [-0.15, -0.1) is 0 Å². The van der Waals surface area contributed by atoms with Gasteiger partial charge in [0.15, 0.2) is 0 Å². The van der Waals surface area contributed by atoms with Crippen LogP contribution in [0, 0.1) is 0 Å². The van der Waals surface area contributed by atoms with E-state index in [9.17, 15) is 0 Å². The summed E-state index contributed by atoms with van der Waals surface area (Å²) in [6.45, 7) is 4.98. The van der Waals surface area contributed by atoms with Gasteiger partial charge in [0.1, 0.15) is 0 Å². The molecule has 0 fully saturated rings. The summed E-state index contributed by atoms with van der Waals surface area (Å²) >= 11 is 0. The van der Waals surface area contributed by atoms with E-state index in [4.69, 9.17) is 15.6 Å². The molecular formula is C12H27NO2. The Kier molecular flexibility index (Phi) is 10.3. The molecule has 0 saturated carbocycles. The van der Waals surface area contributed by atoms with Crippen LogP contribution in [-0.4, -0.2) is 30.5 Å². The summed E-state index contributed by atoms with van der Waals surface area (Å²) in [5, 5.41) is 9.06. The van der Waals surface area contributed by atoms with Crippen LogP contribution in [0.2, 0.25) is 0 Å². The average molecular weight is 217 g/mol. The van der Waals surface area contributed by atoms with Gasteiger partial charge in [0.25, 0.3) is 0 Å². The van der Waals surface area contributed by atoms with Crippen molar-refractivity contribution in [2.75, 3.05) is 13.2 Å². The standard InChI is InChI=1S/C12H27NO2/c1-3-5-6-7-8-9-15-12(10-14)11(13)4-2/h11-12,14H,3-10,13H2,1-2H3. The molecule has 92 valence electrons. The SMILES string of the molecule is CCCCCCCOC(CO)C(N)CC. The van der Waals surface area contributed by atoms with Crippen molar-refractivity contribution in [3.05, 3.63) is 0 Å². The van der Waals surface area contributed by atoms with Gasteiger partial charge in [-0.2, -0.15) is 0 Å². The van der Waals surface area contributed by atoms with Gasteiger partial charge in [-0.05, 0) is 12.8 Å². The molecule has 0 aromatic rings. The second-order valence-electron chi connectivity index (χ2n) is 4.08. The summed E-state index contributed by atoms with van der Waals surface area (Å²) in [6.07, 6.45) is 6.81. The van der Waals surface area contributed by atoms with Crippen LogP contribution >= 0.6 is 0 Å². The Bertz CT molecular complexity index is 131. The van der Waals surface area contributed by atoms with Crippen molar-refractivity contribution < 1.29 is 9.84 Å². The van der Waals surface area contributed by atoms with E-state index in [1.54, 1.807) is 0 Å². The molecule has 15 heavy (non-hydrogen) atoms. The molecule has 3 heteroatoms. The second-order valence-corrected chi connectivity index (χ2v) is 4.08. The van der Waals surface area contributed by atoms with Crippen LogP contribution in [0.25, 0.3) is 0 Å². The fourth-order valence-corrected chi connectivity index (χ4v) is 1.51. The summed E-state index contributed by atoms with van der Waals surface area (Å²) < 4.78 is 5.55. The van der Waals surface area contributed by atoms with Crippen LogP contribution < -0.4 is 5.73 Å². The third-order valence-corrected chi connectivity index (χ3v) is 2.71. The third kappa shape index (κ3) is 7.77. The first-order chi connectivity index (χ1) is 7.26. The molecule has 0 aromatic carbocycles. The van der Waals surface area contributed by atoms with Gasteiger partial charge in [0.05, 0.1) is 12.7 Å². The second kappa shape index (κ2) is 10.4. The Morgan fingerprint density at radius 1 is 1.13 bits per heavy atom. The van der Waals surface area contributed by atoms with E-state index in [0.29, 0.717) is 0 Å². The highest BCUT2D eigenvalue weighted by molar-refractivity contribution is 4.70. The molecule has 0 aliphatic carbocycles. The topological polar surface area (TPSA) is 55.5 Å². The largest absolute Gasteiger partial charge is 0.394 e. The maximum absolute atomic E-state index is 9.06. The summed E-state index contributed by atoms with van der Waals surface area (Å²) in [6, 6.07) is -0.0364. The summed E-state index contributed by atoms with van der Waals surface area (Å²) in [5.41, 5.74) is 5.81. The van der Waals surface area contributed by atoms with Crippen molar-refractivity contribution >= 4 is 0 Å². The van der Waals surface area contributed by atoms with Crippen LogP contribution in [0.5, 0.6) is 0 Å². The van der Waals surface area contributed by atoms with Gasteiger partial charge >= 0.3 is 0 Å². The fourth-order valence-electron chi connectivity index (χ4n) is 1.51. The lowest BCUT2D eigenvalue weighted by Crippen LogP contribution is -2.39. The Morgan fingerprint density at radius 3 is 2.33 bits per heavy atom. The van der Waals surface area contributed by atoms with Crippen LogP contribution in [0.4, 0.5) is 0 Å². The number of hydrogen-bond donors (Lipinski definition) is 2. The lowest BCUT2D eigenvalue weighted by molar-refractivity contribution is -0.00453. The molecule has 2 atom stereocenters. The average Bonchev–Trinajstić information content (AvgIpc) is 2.27. The Hall–Kier alpha value is -0.120. The smallest absolute Gasteiger partial charge is 0.0955 e. The van der Waals surface area contributed by atoms with E-state index < -0.39 is 0 Å². The number of ether oxygens (including phenoxy) is 1. The first-order valence-electron chi connectivity index (χ1n) is 6.24. The zero-order chi connectivity index (χ0) is 11.5. The number of nitrogens with two attached hydrogens (primary N) is 1. The van der Waals surface area contributed by atoms with Gasteiger partial charge in [0.2, 0.25) is 0 Å². The lowest BCUT2D eigenvalue weighted by Gasteiger charge is -2.21. The minimum absolute atomic E-state index is 0.0317. The van der Waals surface area contributed by atoms with Crippen molar-refractivity contribution in [2.24, 2.45) is 5.73 Å². The molecule has 0 bridgehead atoms. The van der Waals surface area contributed by atoms with Crippen molar-refractivity contribution in [3.63, 3.8) is 0 Å². The van der Waals surface area contributed by atoms with Crippen LogP contribution in [0.3, 0.4) is 0 Å². The van der Waals surface area contributed by atoms with E-state index in [0.717, 1.165) is 19.4 Å².